The highest BCUT2D eigenvalue weighted by molar-refractivity contribution is 7.99. The van der Waals surface area contributed by atoms with Crippen LogP contribution in [0.5, 0.6) is 0 Å². The Hall–Kier alpha value is -1.04. The van der Waals surface area contributed by atoms with Gasteiger partial charge >= 0.3 is 0 Å². The Balaban J connectivity index is 1.85. The lowest BCUT2D eigenvalue weighted by Gasteiger charge is -2.26. The zero-order valence-electron chi connectivity index (χ0n) is 12.9. The molecule has 0 aliphatic carbocycles. The minimum absolute atomic E-state index is 0.0251. The second-order valence-corrected chi connectivity index (χ2v) is 7.18. The molecule has 1 saturated heterocycles. The molecule has 2 aliphatic rings. The van der Waals surface area contributed by atoms with Gasteiger partial charge in [0.25, 0.3) is 0 Å². The standard InChI is InChI=1S/C15H24N4OS/c1-11(21-2)15(20)18-10-6-7-12(18)14-17-16-13-8-4-3-5-9-19(13)14/h11-12H,3-10H2,1-2H3/t11-,12+/m1/s1. The van der Waals surface area contributed by atoms with Gasteiger partial charge in [-0.1, -0.05) is 6.42 Å². The van der Waals surface area contributed by atoms with Crippen LogP contribution in [0.1, 0.15) is 56.7 Å². The van der Waals surface area contributed by atoms with Crippen molar-refractivity contribution in [3.8, 4) is 0 Å². The number of amides is 1. The highest BCUT2D eigenvalue weighted by Gasteiger charge is 2.35. The summed E-state index contributed by atoms with van der Waals surface area (Å²) in [5.41, 5.74) is 0. The molecule has 1 aromatic rings. The van der Waals surface area contributed by atoms with Crippen LogP contribution < -0.4 is 0 Å². The van der Waals surface area contributed by atoms with Gasteiger partial charge in [-0.3, -0.25) is 4.79 Å². The number of likely N-dealkylation sites (tertiary alicyclic amines) is 1. The minimum Gasteiger partial charge on any atom is -0.331 e. The molecule has 0 spiro atoms. The third-order valence-electron chi connectivity index (χ3n) is 4.67. The smallest absolute Gasteiger partial charge is 0.236 e. The number of hydrogen-bond donors (Lipinski definition) is 0. The van der Waals surface area contributed by atoms with E-state index in [-0.39, 0.29) is 17.2 Å². The summed E-state index contributed by atoms with van der Waals surface area (Å²) in [6.07, 6.45) is 8.77. The summed E-state index contributed by atoms with van der Waals surface area (Å²) < 4.78 is 2.28. The van der Waals surface area contributed by atoms with Gasteiger partial charge in [-0.05, 0) is 38.9 Å². The molecule has 0 radical (unpaired) electrons. The quantitative estimate of drug-likeness (QED) is 0.860. The molecule has 2 atom stereocenters. The van der Waals surface area contributed by atoms with Gasteiger partial charge < -0.3 is 9.47 Å². The number of hydrogen-bond acceptors (Lipinski definition) is 4. The molecule has 0 bridgehead atoms. The van der Waals surface area contributed by atoms with Crippen LogP contribution in [-0.2, 0) is 17.8 Å². The van der Waals surface area contributed by atoms with Crippen LogP contribution in [-0.4, -0.2) is 43.6 Å². The normalized spacial score (nSPS) is 23.7. The van der Waals surface area contributed by atoms with E-state index < -0.39 is 0 Å². The summed E-state index contributed by atoms with van der Waals surface area (Å²) in [5.74, 6) is 2.38. The molecule has 21 heavy (non-hydrogen) atoms. The molecule has 1 amide bonds. The zero-order valence-corrected chi connectivity index (χ0v) is 13.7. The second kappa shape index (κ2) is 6.38. The van der Waals surface area contributed by atoms with Crippen molar-refractivity contribution in [1.82, 2.24) is 19.7 Å². The molecule has 3 rings (SSSR count). The molecular formula is C15H24N4OS. The lowest BCUT2D eigenvalue weighted by Crippen LogP contribution is -2.37. The molecule has 0 unspecified atom stereocenters. The van der Waals surface area contributed by atoms with Gasteiger partial charge in [0.05, 0.1) is 11.3 Å². The number of aryl methyl sites for hydroxylation is 1. The second-order valence-electron chi connectivity index (χ2n) is 6.00. The lowest BCUT2D eigenvalue weighted by atomic mass is 10.2. The molecule has 0 aromatic carbocycles. The van der Waals surface area contributed by atoms with Crippen molar-refractivity contribution >= 4 is 17.7 Å². The molecule has 0 N–H and O–H groups in total. The maximum Gasteiger partial charge on any atom is 0.236 e. The monoisotopic (exact) mass is 308 g/mol. The van der Waals surface area contributed by atoms with Crippen molar-refractivity contribution in [1.29, 1.82) is 0 Å². The SMILES string of the molecule is CS[C@H](C)C(=O)N1CCC[C@H]1c1nnc2n1CCCCC2. The summed E-state index contributed by atoms with van der Waals surface area (Å²) >= 11 is 1.62. The summed E-state index contributed by atoms with van der Waals surface area (Å²) in [6, 6.07) is 0.131. The van der Waals surface area contributed by atoms with Crippen LogP contribution >= 0.6 is 11.8 Å². The zero-order chi connectivity index (χ0) is 14.8. The van der Waals surface area contributed by atoms with Crippen molar-refractivity contribution in [2.75, 3.05) is 12.8 Å². The van der Waals surface area contributed by atoms with E-state index >= 15 is 0 Å². The number of nitrogens with zero attached hydrogens (tertiary/aromatic N) is 4. The first kappa shape index (κ1) is 14.9. The van der Waals surface area contributed by atoms with Gasteiger partial charge in [-0.25, -0.2) is 0 Å². The van der Waals surface area contributed by atoms with Crippen LogP contribution in [0.3, 0.4) is 0 Å². The maximum atomic E-state index is 12.6. The Morgan fingerprint density at radius 2 is 2.10 bits per heavy atom. The molecule has 0 saturated carbocycles. The van der Waals surface area contributed by atoms with E-state index in [1.807, 2.05) is 18.1 Å². The van der Waals surface area contributed by atoms with Gasteiger partial charge in [0.2, 0.25) is 5.91 Å². The fourth-order valence-electron chi connectivity index (χ4n) is 3.39. The summed E-state index contributed by atoms with van der Waals surface area (Å²) in [5, 5.41) is 8.87. The van der Waals surface area contributed by atoms with Crippen molar-refractivity contribution in [3.63, 3.8) is 0 Å². The molecule has 3 heterocycles. The number of carbonyl (C=O) groups excluding carboxylic acids is 1. The molecule has 6 heteroatoms. The molecular weight excluding hydrogens is 284 g/mol. The van der Waals surface area contributed by atoms with Crippen LogP contribution in [0, 0.1) is 0 Å². The van der Waals surface area contributed by atoms with Crippen molar-refractivity contribution < 1.29 is 4.79 Å². The van der Waals surface area contributed by atoms with E-state index in [2.05, 4.69) is 14.8 Å². The van der Waals surface area contributed by atoms with Crippen molar-refractivity contribution in [3.05, 3.63) is 11.6 Å². The highest BCUT2D eigenvalue weighted by Crippen LogP contribution is 2.33. The van der Waals surface area contributed by atoms with E-state index in [1.165, 1.54) is 19.3 Å². The van der Waals surface area contributed by atoms with Crippen LogP contribution in [0.15, 0.2) is 0 Å². The molecule has 5 nitrogen and oxygen atoms in total. The number of carbonyl (C=O) groups is 1. The fraction of sp³-hybridized carbons (Fsp3) is 0.800. The largest absolute Gasteiger partial charge is 0.331 e. The first-order chi connectivity index (χ1) is 10.2. The maximum absolute atomic E-state index is 12.6. The number of fused-ring (bicyclic) bond motifs is 1. The topological polar surface area (TPSA) is 51.0 Å². The van der Waals surface area contributed by atoms with Gasteiger partial charge in [-0.15, -0.1) is 10.2 Å². The first-order valence-corrected chi connectivity index (χ1v) is 9.26. The van der Waals surface area contributed by atoms with Gasteiger partial charge in [-0.2, -0.15) is 11.8 Å². The lowest BCUT2D eigenvalue weighted by molar-refractivity contribution is -0.131. The predicted molar refractivity (Wildman–Crippen MR) is 84.2 cm³/mol. The fourth-order valence-corrected chi connectivity index (χ4v) is 3.72. The Kier molecular flexibility index (Phi) is 4.52. The van der Waals surface area contributed by atoms with Crippen molar-refractivity contribution in [2.24, 2.45) is 0 Å². The third-order valence-corrected chi connectivity index (χ3v) is 5.58. The Morgan fingerprint density at radius 3 is 2.90 bits per heavy atom. The predicted octanol–water partition coefficient (Wildman–Crippen LogP) is 2.42. The van der Waals surface area contributed by atoms with Crippen LogP contribution in [0.4, 0.5) is 0 Å². The van der Waals surface area contributed by atoms with Gasteiger partial charge in [0.15, 0.2) is 5.82 Å². The van der Waals surface area contributed by atoms with Crippen LogP contribution in [0.25, 0.3) is 0 Å². The van der Waals surface area contributed by atoms with E-state index in [0.717, 1.165) is 44.0 Å². The average molecular weight is 308 g/mol. The van der Waals surface area contributed by atoms with E-state index in [4.69, 9.17) is 0 Å². The Bertz CT molecular complexity index is 516. The summed E-state index contributed by atoms with van der Waals surface area (Å²) in [4.78, 5) is 14.6. The number of aromatic nitrogens is 3. The molecule has 1 aromatic heterocycles. The highest BCUT2D eigenvalue weighted by atomic mass is 32.2. The first-order valence-electron chi connectivity index (χ1n) is 7.97. The summed E-state index contributed by atoms with van der Waals surface area (Å²) in [7, 11) is 0. The minimum atomic E-state index is 0.0251. The Morgan fingerprint density at radius 1 is 1.24 bits per heavy atom. The van der Waals surface area contributed by atoms with E-state index in [0.29, 0.717) is 0 Å². The van der Waals surface area contributed by atoms with Gasteiger partial charge in [0, 0.05) is 19.5 Å². The van der Waals surface area contributed by atoms with E-state index in [9.17, 15) is 4.79 Å². The third kappa shape index (κ3) is 2.82. The van der Waals surface area contributed by atoms with Crippen molar-refractivity contribution in [2.45, 2.75) is 63.3 Å². The number of rotatable bonds is 3. The number of thioether (sulfide) groups is 1. The van der Waals surface area contributed by atoms with Gasteiger partial charge in [0.1, 0.15) is 5.82 Å². The average Bonchev–Trinajstić information content (AvgIpc) is 3.06. The van der Waals surface area contributed by atoms with E-state index in [1.54, 1.807) is 11.8 Å². The summed E-state index contributed by atoms with van der Waals surface area (Å²) in [6.45, 7) is 3.86. The van der Waals surface area contributed by atoms with Crippen LogP contribution in [0.2, 0.25) is 0 Å². The molecule has 2 aliphatic heterocycles. The molecule has 116 valence electrons. The molecule has 1 fully saturated rings. The Labute approximate surface area is 130 Å².